The Kier molecular flexibility index (Phi) is 4.13. The molecule has 19 heavy (non-hydrogen) atoms. The second-order valence-corrected chi connectivity index (χ2v) is 6.52. The van der Waals surface area contributed by atoms with Crippen LogP contribution in [0.4, 0.5) is 0 Å². The molecule has 1 spiro atoms. The fourth-order valence-corrected chi connectivity index (χ4v) is 3.65. The molecule has 2 heterocycles. The van der Waals surface area contributed by atoms with Crippen LogP contribution in [0.5, 0.6) is 0 Å². The predicted molar refractivity (Wildman–Crippen MR) is 72.8 cm³/mol. The smallest absolute Gasteiger partial charge is 0.168 e. The van der Waals surface area contributed by atoms with Crippen molar-refractivity contribution < 1.29 is 14.2 Å². The lowest BCUT2D eigenvalue weighted by Gasteiger charge is -2.33. The number of rotatable bonds is 3. The number of nitrogens with zero attached hydrogens (tertiary/aromatic N) is 1. The molecule has 0 aromatic heterocycles. The van der Waals surface area contributed by atoms with E-state index in [1.165, 1.54) is 19.3 Å². The van der Waals surface area contributed by atoms with Crippen LogP contribution < -0.4 is 0 Å². The third-order valence-corrected chi connectivity index (χ3v) is 4.56. The summed E-state index contributed by atoms with van der Waals surface area (Å²) in [6.45, 7) is 8.01. The van der Waals surface area contributed by atoms with Gasteiger partial charge in [-0.1, -0.05) is 20.3 Å². The van der Waals surface area contributed by atoms with E-state index >= 15 is 0 Å². The summed E-state index contributed by atoms with van der Waals surface area (Å²) in [7, 11) is 0. The highest BCUT2D eigenvalue weighted by Crippen LogP contribution is 2.38. The molecule has 4 nitrogen and oxygen atoms in total. The van der Waals surface area contributed by atoms with Gasteiger partial charge in [0.05, 0.1) is 19.3 Å². The van der Waals surface area contributed by atoms with E-state index < -0.39 is 0 Å². The highest BCUT2D eigenvalue weighted by molar-refractivity contribution is 4.85. The van der Waals surface area contributed by atoms with Gasteiger partial charge in [-0.25, -0.2) is 0 Å². The zero-order valence-corrected chi connectivity index (χ0v) is 12.3. The average molecular weight is 269 g/mol. The normalized spacial score (nSPS) is 35.5. The standard InChI is InChI=1S/C15H27NO3/c1-12(2)14-16(8-9-17-14)10-13-11-18-15(19-13)6-4-3-5-7-15/h12-14H,3-11H2,1-2H3/t13-,14?/m1/s1. The molecule has 110 valence electrons. The maximum absolute atomic E-state index is 6.26. The first kappa shape index (κ1) is 13.8. The van der Waals surface area contributed by atoms with Crippen molar-refractivity contribution in [2.75, 3.05) is 26.3 Å². The molecule has 0 aromatic carbocycles. The zero-order valence-electron chi connectivity index (χ0n) is 12.3. The molecular formula is C15H27NO3. The van der Waals surface area contributed by atoms with Crippen LogP contribution in [0, 0.1) is 5.92 Å². The first-order valence-corrected chi connectivity index (χ1v) is 7.86. The second kappa shape index (κ2) is 5.68. The molecule has 1 aliphatic carbocycles. The average Bonchev–Trinajstić information content (AvgIpc) is 2.99. The first-order chi connectivity index (χ1) is 9.19. The third-order valence-electron chi connectivity index (χ3n) is 4.56. The van der Waals surface area contributed by atoms with Gasteiger partial charge in [0.15, 0.2) is 5.79 Å². The van der Waals surface area contributed by atoms with Gasteiger partial charge in [0, 0.05) is 25.9 Å². The van der Waals surface area contributed by atoms with Crippen LogP contribution in [0.2, 0.25) is 0 Å². The Labute approximate surface area is 116 Å². The van der Waals surface area contributed by atoms with Gasteiger partial charge in [0.25, 0.3) is 0 Å². The lowest BCUT2D eigenvalue weighted by molar-refractivity contribution is -0.189. The van der Waals surface area contributed by atoms with Gasteiger partial charge in [-0.3, -0.25) is 4.90 Å². The van der Waals surface area contributed by atoms with Crippen molar-refractivity contribution in [1.82, 2.24) is 4.90 Å². The number of ether oxygens (including phenoxy) is 3. The lowest BCUT2D eigenvalue weighted by Crippen LogP contribution is -2.41. The minimum Gasteiger partial charge on any atom is -0.362 e. The summed E-state index contributed by atoms with van der Waals surface area (Å²) >= 11 is 0. The van der Waals surface area contributed by atoms with Gasteiger partial charge in [-0.15, -0.1) is 0 Å². The molecule has 3 rings (SSSR count). The van der Waals surface area contributed by atoms with Crippen LogP contribution >= 0.6 is 0 Å². The minimum atomic E-state index is -0.239. The summed E-state index contributed by atoms with van der Waals surface area (Å²) in [5.74, 6) is 0.296. The van der Waals surface area contributed by atoms with Crippen molar-refractivity contribution in [1.29, 1.82) is 0 Å². The molecular weight excluding hydrogens is 242 g/mol. The Balaban J connectivity index is 1.54. The van der Waals surface area contributed by atoms with E-state index in [1.54, 1.807) is 0 Å². The molecule has 0 bridgehead atoms. The van der Waals surface area contributed by atoms with Crippen molar-refractivity contribution in [2.45, 2.75) is 64.1 Å². The summed E-state index contributed by atoms with van der Waals surface area (Å²) in [6.07, 6.45) is 6.45. The van der Waals surface area contributed by atoms with E-state index in [0.717, 1.165) is 39.1 Å². The van der Waals surface area contributed by atoms with Gasteiger partial charge in [0.2, 0.25) is 0 Å². The van der Waals surface area contributed by atoms with Crippen LogP contribution in [0.15, 0.2) is 0 Å². The molecule has 0 aromatic rings. The second-order valence-electron chi connectivity index (χ2n) is 6.52. The van der Waals surface area contributed by atoms with Crippen molar-refractivity contribution in [2.24, 2.45) is 5.92 Å². The summed E-state index contributed by atoms with van der Waals surface area (Å²) in [5.41, 5.74) is 0. The Hall–Kier alpha value is -0.160. The molecule has 4 heteroatoms. The van der Waals surface area contributed by atoms with Gasteiger partial charge >= 0.3 is 0 Å². The summed E-state index contributed by atoms with van der Waals surface area (Å²) in [4.78, 5) is 2.42. The quantitative estimate of drug-likeness (QED) is 0.787. The molecule has 2 aliphatic heterocycles. The lowest BCUT2D eigenvalue weighted by atomic mass is 9.94. The fraction of sp³-hybridized carbons (Fsp3) is 1.00. The van der Waals surface area contributed by atoms with E-state index in [9.17, 15) is 0 Å². The SMILES string of the molecule is CC(C)C1OCCN1C[C@@H]1COC2(CCCCC2)O1. The van der Waals surface area contributed by atoms with Crippen LogP contribution in [-0.4, -0.2) is 49.3 Å². The van der Waals surface area contributed by atoms with Gasteiger partial charge in [-0.05, 0) is 18.8 Å². The predicted octanol–water partition coefficient (Wildman–Crippen LogP) is 2.38. The Morgan fingerprint density at radius 3 is 2.74 bits per heavy atom. The summed E-state index contributed by atoms with van der Waals surface area (Å²) < 4.78 is 18.1. The van der Waals surface area contributed by atoms with E-state index in [1.807, 2.05) is 0 Å². The third kappa shape index (κ3) is 2.97. The molecule has 1 unspecified atom stereocenters. The van der Waals surface area contributed by atoms with E-state index in [2.05, 4.69) is 18.7 Å². The highest BCUT2D eigenvalue weighted by atomic mass is 16.7. The van der Waals surface area contributed by atoms with Gasteiger partial charge < -0.3 is 14.2 Å². The molecule has 3 fully saturated rings. The van der Waals surface area contributed by atoms with Gasteiger partial charge in [-0.2, -0.15) is 0 Å². The number of hydrogen-bond donors (Lipinski definition) is 0. The highest BCUT2D eigenvalue weighted by Gasteiger charge is 2.43. The zero-order chi connectivity index (χ0) is 13.3. The van der Waals surface area contributed by atoms with Gasteiger partial charge in [0.1, 0.15) is 6.23 Å². The van der Waals surface area contributed by atoms with Crippen LogP contribution in [0.1, 0.15) is 46.0 Å². The fourth-order valence-electron chi connectivity index (χ4n) is 3.65. The van der Waals surface area contributed by atoms with Crippen molar-refractivity contribution >= 4 is 0 Å². The maximum Gasteiger partial charge on any atom is 0.168 e. The molecule has 0 amide bonds. The van der Waals surface area contributed by atoms with Crippen molar-refractivity contribution in [3.05, 3.63) is 0 Å². The van der Waals surface area contributed by atoms with E-state index in [-0.39, 0.29) is 18.1 Å². The largest absolute Gasteiger partial charge is 0.362 e. The Morgan fingerprint density at radius 2 is 2.00 bits per heavy atom. The number of hydrogen-bond acceptors (Lipinski definition) is 4. The van der Waals surface area contributed by atoms with E-state index in [4.69, 9.17) is 14.2 Å². The monoisotopic (exact) mass is 269 g/mol. The van der Waals surface area contributed by atoms with Crippen LogP contribution in [0.3, 0.4) is 0 Å². The first-order valence-electron chi connectivity index (χ1n) is 7.86. The molecule has 2 atom stereocenters. The van der Waals surface area contributed by atoms with E-state index in [0.29, 0.717) is 5.92 Å². The Morgan fingerprint density at radius 1 is 1.21 bits per heavy atom. The molecule has 0 radical (unpaired) electrons. The van der Waals surface area contributed by atoms with Crippen LogP contribution in [-0.2, 0) is 14.2 Å². The maximum atomic E-state index is 6.26. The topological polar surface area (TPSA) is 30.9 Å². The minimum absolute atomic E-state index is 0.223. The molecule has 1 saturated carbocycles. The summed E-state index contributed by atoms with van der Waals surface area (Å²) in [5, 5.41) is 0. The molecule has 0 N–H and O–H groups in total. The molecule has 2 saturated heterocycles. The van der Waals surface area contributed by atoms with Crippen molar-refractivity contribution in [3.8, 4) is 0 Å². The van der Waals surface area contributed by atoms with Crippen molar-refractivity contribution in [3.63, 3.8) is 0 Å². The van der Waals surface area contributed by atoms with Crippen LogP contribution in [0.25, 0.3) is 0 Å². The summed E-state index contributed by atoms with van der Waals surface area (Å²) in [6, 6.07) is 0. The molecule has 3 aliphatic rings. The Bertz CT molecular complexity index is 302.